The standard InChI is InChI=1S/C44H46F2N8O6/c1-5-19-53(41(56)40(52-43(58)60-4)30-9-7-6-8-10-30)25-37-48-23-36(51-37)34-18-17-32-20-31(15-16-33(32)21-34)28-11-13-29(14-12-28)35-22-47-38(50-35)26-54(27-44(2,45)46)39(55)24-49-42(57)59-3/h6-18,20-23,40H,5,19,24-27H2,1-4H3,(H,47,50)(H,48,51)(H,49,57)(H,52,58)/t40-/m1/s1. The molecule has 4 N–H and O–H groups in total. The summed E-state index contributed by atoms with van der Waals surface area (Å²) in [6.45, 7) is 1.80. The maximum absolute atomic E-state index is 13.9. The topological polar surface area (TPSA) is 175 Å². The lowest BCUT2D eigenvalue weighted by Gasteiger charge is -2.27. The predicted molar refractivity (Wildman–Crippen MR) is 221 cm³/mol. The Morgan fingerprint density at radius 1 is 0.733 bits per heavy atom. The number of aromatic amines is 2. The molecule has 16 heteroatoms. The highest BCUT2D eigenvalue weighted by Crippen LogP contribution is 2.30. The Kier molecular flexibility index (Phi) is 13.5. The molecule has 4 amide bonds. The van der Waals surface area contributed by atoms with E-state index in [0.717, 1.165) is 50.7 Å². The molecule has 0 saturated heterocycles. The number of rotatable bonds is 16. The molecule has 312 valence electrons. The van der Waals surface area contributed by atoms with Crippen molar-refractivity contribution in [2.24, 2.45) is 0 Å². The molecule has 0 aliphatic rings. The molecule has 0 aliphatic carbocycles. The number of alkyl halides is 2. The Morgan fingerprint density at radius 3 is 1.88 bits per heavy atom. The monoisotopic (exact) mass is 820 g/mol. The highest BCUT2D eigenvalue weighted by atomic mass is 19.3. The minimum Gasteiger partial charge on any atom is -0.453 e. The first-order valence-corrected chi connectivity index (χ1v) is 19.2. The SMILES string of the molecule is CCCN(Cc1ncc(-c2ccc3cc(-c4ccc(-c5cnc(CN(CC(C)(F)F)C(=O)CNC(=O)OC)[nH]5)cc4)ccc3c2)[nH]1)C(=O)[C@H](NC(=O)OC)c1ccccc1. The third-order valence-corrected chi connectivity index (χ3v) is 9.64. The summed E-state index contributed by atoms with van der Waals surface area (Å²) < 4.78 is 37.1. The number of carbonyl (C=O) groups is 4. The molecule has 2 heterocycles. The molecule has 4 aromatic carbocycles. The molecule has 1 atom stereocenters. The molecule has 2 aromatic heterocycles. The summed E-state index contributed by atoms with van der Waals surface area (Å²) >= 11 is 0. The van der Waals surface area contributed by atoms with Crippen molar-refractivity contribution in [3.05, 3.63) is 121 Å². The first-order valence-electron chi connectivity index (χ1n) is 19.2. The first kappa shape index (κ1) is 42.5. The van der Waals surface area contributed by atoms with Crippen molar-refractivity contribution >= 4 is 34.8 Å². The lowest BCUT2D eigenvalue weighted by atomic mass is 9.98. The van der Waals surface area contributed by atoms with E-state index in [9.17, 15) is 28.0 Å². The van der Waals surface area contributed by atoms with Crippen LogP contribution in [0.4, 0.5) is 18.4 Å². The van der Waals surface area contributed by atoms with E-state index in [2.05, 4.69) is 47.4 Å². The Morgan fingerprint density at radius 2 is 1.28 bits per heavy atom. The number of fused-ring (bicyclic) bond motifs is 1. The number of aromatic nitrogens is 4. The fraction of sp³-hybridized carbons (Fsp3) is 0.273. The molecule has 6 aromatic rings. The lowest BCUT2D eigenvalue weighted by molar-refractivity contribution is -0.136. The van der Waals surface area contributed by atoms with Gasteiger partial charge in [0.25, 0.3) is 5.92 Å². The summed E-state index contributed by atoms with van der Waals surface area (Å²) in [5, 5.41) is 6.95. The second-order valence-corrected chi connectivity index (χ2v) is 14.2. The van der Waals surface area contributed by atoms with Gasteiger partial charge in [0.2, 0.25) is 11.8 Å². The van der Waals surface area contributed by atoms with Crippen LogP contribution in [0.5, 0.6) is 0 Å². The number of nitrogens with zero attached hydrogens (tertiary/aromatic N) is 4. The molecular weight excluding hydrogens is 775 g/mol. The van der Waals surface area contributed by atoms with E-state index in [1.54, 1.807) is 29.4 Å². The van der Waals surface area contributed by atoms with E-state index < -0.39 is 43.1 Å². The smallest absolute Gasteiger partial charge is 0.407 e. The minimum absolute atomic E-state index is 0.213. The van der Waals surface area contributed by atoms with Crippen LogP contribution in [0.1, 0.15) is 43.5 Å². The Hall–Kier alpha value is -7.10. The molecule has 60 heavy (non-hydrogen) atoms. The average molecular weight is 821 g/mol. The zero-order valence-corrected chi connectivity index (χ0v) is 33.6. The van der Waals surface area contributed by atoms with E-state index >= 15 is 0 Å². The number of alkyl carbamates (subject to hydrolysis) is 2. The third-order valence-electron chi connectivity index (χ3n) is 9.64. The van der Waals surface area contributed by atoms with Gasteiger partial charge >= 0.3 is 12.2 Å². The second kappa shape index (κ2) is 19.1. The van der Waals surface area contributed by atoms with Gasteiger partial charge in [0, 0.05) is 19.0 Å². The largest absolute Gasteiger partial charge is 0.453 e. The van der Waals surface area contributed by atoms with Gasteiger partial charge in [-0.05, 0) is 51.6 Å². The minimum atomic E-state index is -3.16. The van der Waals surface area contributed by atoms with Crippen LogP contribution in [-0.4, -0.2) is 93.5 Å². The number of imidazole rings is 2. The van der Waals surface area contributed by atoms with Crippen molar-refractivity contribution in [2.45, 2.75) is 45.3 Å². The van der Waals surface area contributed by atoms with E-state index in [4.69, 9.17) is 4.74 Å². The van der Waals surface area contributed by atoms with Crippen LogP contribution < -0.4 is 10.6 Å². The number of benzene rings is 4. The quantitative estimate of drug-likeness (QED) is 0.0779. The van der Waals surface area contributed by atoms with Crippen LogP contribution in [0.2, 0.25) is 0 Å². The van der Waals surface area contributed by atoms with Crippen LogP contribution in [0.25, 0.3) is 44.4 Å². The van der Waals surface area contributed by atoms with Crippen molar-refractivity contribution < 1.29 is 37.4 Å². The fourth-order valence-corrected chi connectivity index (χ4v) is 6.70. The highest BCUT2D eigenvalue weighted by molar-refractivity contribution is 5.91. The molecule has 0 spiro atoms. The van der Waals surface area contributed by atoms with Crippen LogP contribution in [0.3, 0.4) is 0 Å². The molecule has 0 fully saturated rings. The zero-order chi connectivity index (χ0) is 42.8. The van der Waals surface area contributed by atoms with Crippen LogP contribution >= 0.6 is 0 Å². The number of hydrogen-bond acceptors (Lipinski definition) is 8. The highest BCUT2D eigenvalue weighted by Gasteiger charge is 2.30. The molecule has 0 saturated carbocycles. The second-order valence-electron chi connectivity index (χ2n) is 14.2. The number of amides is 4. The van der Waals surface area contributed by atoms with Crippen molar-refractivity contribution in [3.63, 3.8) is 0 Å². The lowest BCUT2D eigenvalue weighted by Crippen LogP contribution is -2.44. The van der Waals surface area contributed by atoms with Crippen LogP contribution in [-0.2, 0) is 32.2 Å². The van der Waals surface area contributed by atoms with Gasteiger partial charge in [-0.2, -0.15) is 0 Å². The maximum Gasteiger partial charge on any atom is 0.407 e. The fourth-order valence-electron chi connectivity index (χ4n) is 6.70. The number of ether oxygens (including phenoxy) is 2. The molecule has 0 unspecified atom stereocenters. The number of methoxy groups -OCH3 is 2. The Balaban J connectivity index is 1.12. The Labute approximate surface area is 345 Å². The van der Waals surface area contributed by atoms with Gasteiger partial charge in [0.05, 0.1) is 57.6 Å². The summed E-state index contributed by atoms with van der Waals surface area (Å²) in [6, 6.07) is 28.2. The molecule has 0 bridgehead atoms. The number of nitrogens with one attached hydrogen (secondary N) is 4. The zero-order valence-electron chi connectivity index (χ0n) is 33.6. The first-order chi connectivity index (χ1) is 28.8. The van der Waals surface area contributed by atoms with Crippen molar-refractivity contribution in [1.29, 1.82) is 0 Å². The summed E-state index contributed by atoms with van der Waals surface area (Å²) in [4.78, 5) is 68.1. The normalized spacial score (nSPS) is 11.8. The van der Waals surface area contributed by atoms with Crippen LogP contribution in [0, 0.1) is 0 Å². The number of hydrogen-bond donors (Lipinski definition) is 4. The Bertz CT molecular complexity index is 2430. The summed E-state index contributed by atoms with van der Waals surface area (Å²) in [7, 11) is 2.40. The van der Waals surface area contributed by atoms with Crippen LogP contribution in [0.15, 0.2) is 103 Å². The maximum atomic E-state index is 13.9. The van der Waals surface area contributed by atoms with Gasteiger partial charge in [0.15, 0.2) is 0 Å². The third kappa shape index (κ3) is 10.9. The van der Waals surface area contributed by atoms with Gasteiger partial charge < -0.3 is 39.9 Å². The molecular formula is C44H46F2N8O6. The predicted octanol–water partition coefficient (Wildman–Crippen LogP) is 7.46. The number of carbonyl (C=O) groups excluding carboxylic acids is 4. The summed E-state index contributed by atoms with van der Waals surface area (Å²) in [5.41, 5.74) is 5.79. The summed E-state index contributed by atoms with van der Waals surface area (Å²) in [5.74, 6) is -3.24. The van der Waals surface area contributed by atoms with Gasteiger partial charge in [-0.1, -0.05) is 85.8 Å². The van der Waals surface area contributed by atoms with Crippen molar-refractivity contribution in [1.82, 2.24) is 40.4 Å². The van der Waals surface area contributed by atoms with E-state index in [-0.39, 0.29) is 19.0 Å². The molecule has 0 radical (unpaired) electrons. The van der Waals surface area contributed by atoms with Gasteiger partial charge in [0.1, 0.15) is 24.2 Å². The molecule has 6 rings (SSSR count). The molecule has 0 aliphatic heterocycles. The molecule has 14 nitrogen and oxygen atoms in total. The van der Waals surface area contributed by atoms with E-state index in [0.29, 0.717) is 42.8 Å². The number of H-pyrrole nitrogens is 2. The van der Waals surface area contributed by atoms with Crippen molar-refractivity contribution in [3.8, 4) is 33.6 Å². The van der Waals surface area contributed by atoms with Gasteiger partial charge in [-0.3, -0.25) is 9.59 Å². The van der Waals surface area contributed by atoms with E-state index in [1.165, 1.54) is 7.11 Å². The summed E-state index contributed by atoms with van der Waals surface area (Å²) in [6.07, 6.45) is 2.48. The van der Waals surface area contributed by atoms with Gasteiger partial charge in [-0.15, -0.1) is 0 Å². The number of halogens is 2. The van der Waals surface area contributed by atoms with E-state index in [1.807, 2.05) is 73.7 Å². The average Bonchev–Trinajstić information content (AvgIpc) is 3.93. The van der Waals surface area contributed by atoms with Gasteiger partial charge in [-0.25, -0.2) is 28.3 Å². The van der Waals surface area contributed by atoms with Crippen molar-refractivity contribution in [2.75, 3.05) is 33.9 Å².